The largest absolute Gasteiger partial charge is 0.393 e. The van der Waals surface area contributed by atoms with Crippen LogP contribution in [0.3, 0.4) is 0 Å². The Bertz CT molecular complexity index is 659. The minimum Gasteiger partial charge on any atom is -0.393 e. The molecule has 0 aromatic carbocycles. The maximum Gasteiger partial charge on any atom is 0.133 e. The number of fused-ring (bicyclic) bond motifs is 5. The zero-order valence-electron chi connectivity index (χ0n) is 16.0. The molecule has 9 atom stereocenters. The summed E-state index contributed by atoms with van der Waals surface area (Å²) in [4.78, 5) is 12.2. The van der Waals surface area contributed by atoms with Crippen LogP contribution in [0, 0.1) is 28.6 Å². The second-order valence-electron chi connectivity index (χ2n) is 9.76. The van der Waals surface area contributed by atoms with Gasteiger partial charge in [0.15, 0.2) is 0 Å². The summed E-state index contributed by atoms with van der Waals surface area (Å²) < 4.78 is 0. The van der Waals surface area contributed by atoms with E-state index in [0.717, 1.165) is 12.0 Å². The van der Waals surface area contributed by atoms with Crippen molar-refractivity contribution in [2.24, 2.45) is 28.6 Å². The van der Waals surface area contributed by atoms with Crippen LogP contribution in [0.4, 0.5) is 0 Å². The van der Waals surface area contributed by atoms with Gasteiger partial charge in [0.2, 0.25) is 0 Å². The van der Waals surface area contributed by atoms with Crippen LogP contribution in [0.5, 0.6) is 0 Å². The number of carbonyl (C=O) groups excluding carboxylic acids is 1. The lowest BCUT2D eigenvalue weighted by atomic mass is 9.44. The predicted molar refractivity (Wildman–Crippen MR) is 96.1 cm³/mol. The van der Waals surface area contributed by atoms with Crippen molar-refractivity contribution in [3.8, 4) is 0 Å². The van der Waals surface area contributed by atoms with Crippen LogP contribution in [0.15, 0.2) is 11.6 Å². The summed E-state index contributed by atoms with van der Waals surface area (Å²) >= 11 is 0. The number of aliphatic hydroxyl groups is 4. The summed E-state index contributed by atoms with van der Waals surface area (Å²) in [5, 5.41) is 44.3. The van der Waals surface area contributed by atoms with E-state index in [1.807, 2.05) is 0 Å². The number of rotatable bonds is 1. The van der Waals surface area contributed by atoms with Gasteiger partial charge in [-0.25, -0.2) is 0 Å². The van der Waals surface area contributed by atoms with Crippen LogP contribution in [0.25, 0.3) is 0 Å². The van der Waals surface area contributed by atoms with Gasteiger partial charge in [0.1, 0.15) is 5.78 Å². The average Bonchev–Trinajstić information content (AvgIpc) is 2.86. The van der Waals surface area contributed by atoms with Crippen molar-refractivity contribution in [1.29, 1.82) is 0 Å². The maximum atomic E-state index is 12.2. The van der Waals surface area contributed by atoms with Gasteiger partial charge in [-0.3, -0.25) is 4.79 Å². The quantitative estimate of drug-likeness (QED) is 0.530. The lowest BCUT2D eigenvalue weighted by Gasteiger charge is -2.64. The second-order valence-corrected chi connectivity index (χ2v) is 9.76. The summed E-state index contributed by atoms with van der Waals surface area (Å²) in [5.41, 5.74) is -1.35. The highest BCUT2D eigenvalue weighted by molar-refractivity contribution is 5.80. The molecule has 3 saturated carbocycles. The number of hydrogen-bond donors (Lipinski definition) is 4. The predicted octanol–water partition coefficient (Wildman–Crippen LogP) is 1.57. The van der Waals surface area contributed by atoms with Crippen molar-refractivity contribution < 1.29 is 25.2 Å². The van der Waals surface area contributed by atoms with Gasteiger partial charge >= 0.3 is 0 Å². The maximum absolute atomic E-state index is 12.2. The van der Waals surface area contributed by atoms with Crippen LogP contribution in [0.1, 0.15) is 59.3 Å². The van der Waals surface area contributed by atoms with Gasteiger partial charge in [-0.15, -0.1) is 0 Å². The molecule has 4 aliphatic carbocycles. The first-order valence-electron chi connectivity index (χ1n) is 10.0. The van der Waals surface area contributed by atoms with Crippen molar-refractivity contribution in [1.82, 2.24) is 0 Å². The topological polar surface area (TPSA) is 98.0 Å². The van der Waals surface area contributed by atoms with E-state index in [1.54, 1.807) is 6.92 Å². The first kappa shape index (κ1) is 18.6. The van der Waals surface area contributed by atoms with Crippen LogP contribution >= 0.6 is 0 Å². The molecule has 26 heavy (non-hydrogen) atoms. The van der Waals surface area contributed by atoms with Crippen LogP contribution in [-0.4, -0.2) is 50.1 Å². The summed E-state index contributed by atoms with van der Waals surface area (Å²) in [6.45, 7) is 5.43. The van der Waals surface area contributed by atoms with E-state index in [1.165, 1.54) is 6.92 Å². The molecule has 0 heterocycles. The first-order valence-corrected chi connectivity index (χ1v) is 10.0. The Morgan fingerprint density at radius 3 is 2.50 bits per heavy atom. The van der Waals surface area contributed by atoms with Crippen molar-refractivity contribution in [2.75, 3.05) is 0 Å². The van der Waals surface area contributed by atoms with Crippen molar-refractivity contribution in [3.63, 3.8) is 0 Å². The Kier molecular flexibility index (Phi) is 4.03. The molecule has 0 amide bonds. The van der Waals surface area contributed by atoms with Gasteiger partial charge < -0.3 is 20.4 Å². The zero-order chi connectivity index (χ0) is 19.1. The number of carbonyl (C=O) groups is 1. The molecule has 0 aromatic heterocycles. The summed E-state index contributed by atoms with van der Waals surface area (Å²) in [5.74, 6) is -0.885. The normalized spacial score (nSPS) is 56.2. The monoisotopic (exact) mass is 364 g/mol. The van der Waals surface area contributed by atoms with Crippen LogP contribution < -0.4 is 0 Å². The number of ketones is 1. The van der Waals surface area contributed by atoms with Gasteiger partial charge in [-0.05, 0) is 56.8 Å². The Morgan fingerprint density at radius 2 is 1.85 bits per heavy atom. The number of Topliss-reactive ketones (excluding diaryl/α,β-unsaturated/α-hetero) is 1. The molecular formula is C21H32O5. The average molecular weight is 364 g/mol. The molecule has 0 aromatic rings. The van der Waals surface area contributed by atoms with Crippen molar-refractivity contribution in [3.05, 3.63) is 11.6 Å². The van der Waals surface area contributed by atoms with E-state index in [2.05, 4.69) is 13.0 Å². The molecule has 0 spiro atoms. The minimum absolute atomic E-state index is 0.0211. The molecule has 4 aliphatic rings. The summed E-state index contributed by atoms with van der Waals surface area (Å²) in [6.07, 6.45) is 3.38. The minimum atomic E-state index is -1.16. The molecule has 4 rings (SSSR count). The first-order chi connectivity index (χ1) is 12.1. The molecule has 0 unspecified atom stereocenters. The smallest absolute Gasteiger partial charge is 0.133 e. The number of allylic oxidation sites excluding steroid dienone is 1. The van der Waals surface area contributed by atoms with Crippen molar-refractivity contribution >= 4 is 5.78 Å². The molecule has 0 bridgehead atoms. The SMILES string of the molecule is CC(=O)[C@H]1CC[C@]2(O)[C@@H]3CC=C4C[C@@H](O)CC[C@]4(C)[C@H]3[C@H](O)[C@@H](O)[C@]12C. The number of aliphatic hydroxyl groups excluding tert-OH is 3. The third kappa shape index (κ3) is 2.03. The number of hydrogen-bond acceptors (Lipinski definition) is 5. The molecular weight excluding hydrogens is 332 g/mol. The fourth-order valence-corrected chi connectivity index (χ4v) is 7.34. The van der Waals surface area contributed by atoms with Crippen LogP contribution in [-0.2, 0) is 4.79 Å². The highest BCUT2D eigenvalue weighted by atomic mass is 16.3. The Labute approximate surface area is 155 Å². The van der Waals surface area contributed by atoms with Gasteiger partial charge in [0, 0.05) is 17.3 Å². The van der Waals surface area contributed by atoms with Gasteiger partial charge in [0.25, 0.3) is 0 Å². The van der Waals surface area contributed by atoms with Gasteiger partial charge in [-0.1, -0.05) is 25.5 Å². The summed E-state index contributed by atoms with van der Waals surface area (Å²) in [7, 11) is 0. The highest BCUT2D eigenvalue weighted by Gasteiger charge is 2.72. The highest BCUT2D eigenvalue weighted by Crippen LogP contribution is 2.67. The Morgan fingerprint density at radius 1 is 1.15 bits per heavy atom. The molecule has 0 aliphatic heterocycles. The van der Waals surface area contributed by atoms with Gasteiger partial charge in [-0.2, -0.15) is 0 Å². The van der Waals surface area contributed by atoms with E-state index in [-0.39, 0.29) is 29.1 Å². The Balaban J connectivity index is 1.82. The fraction of sp³-hybridized carbons (Fsp3) is 0.857. The van der Waals surface area contributed by atoms with E-state index < -0.39 is 29.1 Å². The lowest BCUT2D eigenvalue weighted by Crippen LogP contribution is -2.71. The lowest BCUT2D eigenvalue weighted by molar-refractivity contribution is -0.263. The molecule has 5 nitrogen and oxygen atoms in total. The van der Waals surface area contributed by atoms with Gasteiger partial charge in [0.05, 0.1) is 23.9 Å². The molecule has 5 heteroatoms. The summed E-state index contributed by atoms with van der Waals surface area (Å²) in [6, 6.07) is 0. The molecule has 3 fully saturated rings. The molecule has 0 saturated heterocycles. The standard InChI is InChI=1S/C21H32O5/c1-11(22)14-7-9-21(26)15-5-4-12-10-13(23)6-8-19(12,2)16(15)17(24)18(25)20(14,21)3/h4,13-18,23-26H,5-10H2,1-3H3/t13-,14+,15+,16+,17-,18+,19-,20-,21-/m0/s1. The second kappa shape index (κ2) is 5.63. The van der Waals surface area contributed by atoms with Crippen molar-refractivity contribution in [2.45, 2.75) is 83.2 Å². The van der Waals surface area contributed by atoms with E-state index >= 15 is 0 Å². The third-order valence-corrected chi connectivity index (χ3v) is 8.85. The third-order valence-electron chi connectivity index (χ3n) is 8.85. The fourth-order valence-electron chi connectivity index (χ4n) is 7.34. The molecule has 4 N–H and O–H groups in total. The van der Waals surface area contributed by atoms with E-state index in [4.69, 9.17) is 0 Å². The zero-order valence-corrected chi connectivity index (χ0v) is 16.0. The Hall–Kier alpha value is -0.750. The van der Waals surface area contributed by atoms with E-state index in [9.17, 15) is 25.2 Å². The molecule has 146 valence electrons. The molecule has 0 radical (unpaired) electrons. The van der Waals surface area contributed by atoms with Crippen LogP contribution in [0.2, 0.25) is 0 Å². The van der Waals surface area contributed by atoms with E-state index in [0.29, 0.717) is 32.1 Å².